The Morgan fingerprint density at radius 3 is 2.60 bits per heavy atom. The van der Waals surface area contributed by atoms with Crippen molar-refractivity contribution in [2.45, 2.75) is 25.9 Å². The molecule has 0 saturated carbocycles. The van der Waals surface area contributed by atoms with E-state index in [0.717, 1.165) is 28.6 Å². The van der Waals surface area contributed by atoms with E-state index in [2.05, 4.69) is 11.4 Å². The Bertz CT molecular complexity index is 965. The Hall–Kier alpha value is -3.24. The molecule has 1 aliphatic heterocycles. The molecule has 0 aliphatic carbocycles. The lowest BCUT2D eigenvalue weighted by Gasteiger charge is -2.25. The molecule has 0 spiro atoms. The summed E-state index contributed by atoms with van der Waals surface area (Å²) in [4.78, 5) is 24.3. The fraction of sp³-hybridized carbons (Fsp3) is 0.261. The van der Waals surface area contributed by atoms with Gasteiger partial charge in [-0.1, -0.05) is 54.2 Å². The van der Waals surface area contributed by atoms with Gasteiger partial charge in [0.1, 0.15) is 12.4 Å². The van der Waals surface area contributed by atoms with Gasteiger partial charge in [-0.15, -0.1) is 0 Å². The van der Waals surface area contributed by atoms with Crippen molar-refractivity contribution in [1.82, 2.24) is 5.32 Å². The standard InChI is InChI=1S/C23H22N2O4S/c1-2-28-18-10-8-17(9-11-18)19-12-21(26)25-23(20(19)13-24)30-15-22(27)29-14-16-6-4-3-5-7-16/h3-11,19H,2,12,14-15H2,1H3,(H,25,26)/t19-/m0/s1. The van der Waals surface area contributed by atoms with Gasteiger partial charge in [0.15, 0.2) is 0 Å². The number of ether oxygens (including phenoxy) is 2. The molecule has 6 nitrogen and oxygen atoms in total. The van der Waals surface area contributed by atoms with Crippen molar-refractivity contribution < 1.29 is 19.1 Å². The van der Waals surface area contributed by atoms with Crippen molar-refractivity contribution in [3.8, 4) is 11.8 Å². The van der Waals surface area contributed by atoms with E-state index in [1.54, 1.807) is 0 Å². The van der Waals surface area contributed by atoms with E-state index in [4.69, 9.17) is 9.47 Å². The molecule has 30 heavy (non-hydrogen) atoms. The summed E-state index contributed by atoms with van der Waals surface area (Å²) in [6.07, 6.45) is 0.180. The molecule has 0 aromatic heterocycles. The molecule has 1 amide bonds. The zero-order valence-electron chi connectivity index (χ0n) is 16.6. The van der Waals surface area contributed by atoms with Crippen molar-refractivity contribution >= 4 is 23.6 Å². The Morgan fingerprint density at radius 1 is 1.20 bits per heavy atom. The first-order valence-corrected chi connectivity index (χ1v) is 10.6. The average molecular weight is 423 g/mol. The van der Waals surface area contributed by atoms with Gasteiger partial charge in [0.25, 0.3) is 0 Å². The normalized spacial score (nSPS) is 15.9. The molecular weight excluding hydrogens is 400 g/mol. The number of rotatable bonds is 8. The number of benzene rings is 2. The molecule has 0 fully saturated rings. The average Bonchev–Trinajstić information content (AvgIpc) is 2.77. The number of allylic oxidation sites excluding steroid dienone is 1. The lowest BCUT2D eigenvalue weighted by atomic mass is 9.87. The minimum atomic E-state index is -0.411. The first-order valence-electron chi connectivity index (χ1n) is 9.60. The quantitative estimate of drug-likeness (QED) is 0.649. The molecule has 0 radical (unpaired) electrons. The van der Waals surface area contributed by atoms with Gasteiger partial charge in [-0.2, -0.15) is 5.26 Å². The molecule has 1 N–H and O–H groups in total. The molecule has 2 aromatic carbocycles. The van der Waals surface area contributed by atoms with Gasteiger partial charge < -0.3 is 14.8 Å². The summed E-state index contributed by atoms with van der Waals surface area (Å²) in [7, 11) is 0. The minimum absolute atomic E-state index is 0.00360. The molecule has 0 saturated heterocycles. The van der Waals surface area contributed by atoms with Crippen LogP contribution in [0.1, 0.15) is 30.4 Å². The third-order valence-electron chi connectivity index (χ3n) is 4.53. The van der Waals surface area contributed by atoms with Crippen LogP contribution >= 0.6 is 11.8 Å². The van der Waals surface area contributed by atoms with Gasteiger partial charge in [0.2, 0.25) is 5.91 Å². The summed E-state index contributed by atoms with van der Waals surface area (Å²) in [5, 5.41) is 12.9. The van der Waals surface area contributed by atoms with E-state index < -0.39 is 5.97 Å². The van der Waals surface area contributed by atoms with Gasteiger partial charge in [-0.3, -0.25) is 9.59 Å². The summed E-state index contributed by atoms with van der Waals surface area (Å²) >= 11 is 1.11. The fourth-order valence-electron chi connectivity index (χ4n) is 3.09. The summed E-state index contributed by atoms with van der Waals surface area (Å²) in [5.74, 6) is -0.218. The van der Waals surface area contributed by atoms with Crippen molar-refractivity contribution in [3.05, 3.63) is 76.3 Å². The number of carbonyl (C=O) groups excluding carboxylic acids is 2. The van der Waals surface area contributed by atoms with E-state index in [1.165, 1.54) is 0 Å². The number of hydrogen-bond acceptors (Lipinski definition) is 6. The maximum Gasteiger partial charge on any atom is 0.316 e. The molecule has 0 bridgehead atoms. The Morgan fingerprint density at radius 2 is 1.93 bits per heavy atom. The SMILES string of the molecule is CCOc1ccc([C@@H]2CC(=O)NC(SCC(=O)OCc3ccccc3)=C2C#N)cc1. The van der Waals surface area contributed by atoms with Gasteiger partial charge in [0.05, 0.1) is 29.0 Å². The molecule has 1 aliphatic rings. The van der Waals surface area contributed by atoms with Crippen LogP contribution in [0.15, 0.2) is 65.2 Å². The molecule has 3 rings (SSSR count). The Balaban J connectivity index is 1.67. The number of esters is 1. The van der Waals surface area contributed by atoms with Crippen LogP contribution in [0.3, 0.4) is 0 Å². The second-order valence-corrected chi connectivity index (χ2v) is 7.58. The number of carbonyl (C=O) groups is 2. The van der Waals surface area contributed by atoms with Crippen molar-refractivity contribution in [3.63, 3.8) is 0 Å². The van der Waals surface area contributed by atoms with Crippen molar-refractivity contribution in [2.24, 2.45) is 0 Å². The highest BCUT2D eigenvalue weighted by atomic mass is 32.2. The summed E-state index contributed by atoms with van der Waals surface area (Å²) in [5.41, 5.74) is 2.20. The maximum atomic E-state index is 12.2. The number of nitrogens with one attached hydrogen (secondary N) is 1. The Labute approximate surface area is 179 Å². The minimum Gasteiger partial charge on any atom is -0.494 e. The largest absolute Gasteiger partial charge is 0.494 e. The van der Waals surface area contributed by atoms with Gasteiger partial charge in [0, 0.05) is 12.3 Å². The van der Waals surface area contributed by atoms with Crippen LogP contribution in [0.4, 0.5) is 0 Å². The molecule has 0 unspecified atom stereocenters. The molecule has 2 aromatic rings. The smallest absolute Gasteiger partial charge is 0.316 e. The highest BCUT2D eigenvalue weighted by Crippen LogP contribution is 2.36. The summed E-state index contributed by atoms with van der Waals surface area (Å²) in [6.45, 7) is 2.66. The fourth-order valence-corrected chi connectivity index (χ4v) is 3.97. The molecular formula is C23H22N2O4S. The van der Waals surface area contributed by atoms with Gasteiger partial charge >= 0.3 is 5.97 Å². The third kappa shape index (κ3) is 5.65. The van der Waals surface area contributed by atoms with Crippen LogP contribution in [0, 0.1) is 11.3 Å². The van der Waals surface area contributed by atoms with Crippen LogP contribution in [0.5, 0.6) is 5.75 Å². The lowest BCUT2D eigenvalue weighted by Crippen LogP contribution is -2.31. The highest BCUT2D eigenvalue weighted by molar-refractivity contribution is 8.03. The van der Waals surface area contributed by atoms with Crippen LogP contribution in [0.2, 0.25) is 0 Å². The van der Waals surface area contributed by atoms with Crippen LogP contribution in [-0.4, -0.2) is 24.2 Å². The van der Waals surface area contributed by atoms with Crippen LogP contribution < -0.4 is 10.1 Å². The first kappa shape index (κ1) is 21.5. The maximum absolute atomic E-state index is 12.2. The van der Waals surface area contributed by atoms with E-state index in [9.17, 15) is 14.9 Å². The van der Waals surface area contributed by atoms with E-state index in [1.807, 2.05) is 61.5 Å². The molecule has 1 atom stereocenters. The third-order valence-corrected chi connectivity index (χ3v) is 5.52. The number of nitriles is 1. The van der Waals surface area contributed by atoms with Gasteiger partial charge in [-0.05, 0) is 30.2 Å². The molecule has 1 heterocycles. The predicted octanol–water partition coefficient (Wildman–Crippen LogP) is 3.90. The summed E-state index contributed by atoms with van der Waals surface area (Å²) in [6, 6.07) is 19.0. The monoisotopic (exact) mass is 422 g/mol. The zero-order valence-corrected chi connectivity index (χ0v) is 17.4. The van der Waals surface area contributed by atoms with E-state index in [0.29, 0.717) is 17.2 Å². The van der Waals surface area contributed by atoms with Gasteiger partial charge in [-0.25, -0.2) is 0 Å². The lowest BCUT2D eigenvalue weighted by molar-refractivity contribution is -0.141. The van der Waals surface area contributed by atoms with Crippen LogP contribution in [0.25, 0.3) is 0 Å². The predicted molar refractivity (Wildman–Crippen MR) is 114 cm³/mol. The summed E-state index contributed by atoms with van der Waals surface area (Å²) < 4.78 is 10.7. The second-order valence-electron chi connectivity index (χ2n) is 6.60. The van der Waals surface area contributed by atoms with E-state index in [-0.39, 0.29) is 30.6 Å². The number of hydrogen-bond donors (Lipinski definition) is 1. The first-order chi connectivity index (χ1) is 14.6. The number of nitrogens with zero attached hydrogens (tertiary/aromatic N) is 1. The molecule has 7 heteroatoms. The van der Waals surface area contributed by atoms with Crippen molar-refractivity contribution in [1.29, 1.82) is 5.26 Å². The van der Waals surface area contributed by atoms with Crippen LogP contribution in [-0.2, 0) is 20.9 Å². The zero-order chi connectivity index (χ0) is 21.3. The number of thioether (sulfide) groups is 1. The second kappa shape index (κ2) is 10.5. The van der Waals surface area contributed by atoms with Crippen molar-refractivity contribution in [2.75, 3.05) is 12.4 Å². The topological polar surface area (TPSA) is 88.4 Å². The number of amides is 1. The molecule has 154 valence electrons. The Kier molecular flexibility index (Phi) is 7.52. The van der Waals surface area contributed by atoms with E-state index >= 15 is 0 Å². The highest BCUT2D eigenvalue weighted by Gasteiger charge is 2.30.